The molecule has 172 valence electrons. The summed E-state index contributed by atoms with van der Waals surface area (Å²) in [5.41, 5.74) is 0.494. The highest BCUT2D eigenvalue weighted by molar-refractivity contribution is 5.83. The van der Waals surface area contributed by atoms with Gasteiger partial charge in [-0.05, 0) is 53.3 Å². The minimum atomic E-state index is -4.38. The Morgan fingerprint density at radius 1 is 0.970 bits per heavy atom. The van der Waals surface area contributed by atoms with E-state index in [2.05, 4.69) is 28.8 Å². The maximum Gasteiger partial charge on any atom is 0.416 e. The predicted molar refractivity (Wildman–Crippen MR) is 120 cm³/mol. The number of benzene rings is 3. The molecule has 3 aromatic rings. The van der Waals surface area contributed by atoms with Crippen LogP contribution in [0.2, 0.25) is 0 Å². The van der Waals surface area contributed by atoms with Crippen molar-refractivity contribution < 1.29 is 22.8 Å². The van der Waals surface area contributed by atoms with E-state index in [1.54, 1.807) is 0 Å². The number of hydrogen-bond acceptors (Lipinski definition) is 2. The number of carbonyl (C=O) groups is 2. The van der Waals surface area contributed by atoms with Crippen molar-refractivity contribution in [2.24, 2.45) is 0 Å². The van der Waals surface area contributed by atoms with Gasteiger partial charge in [0.05, 0.1) is 5.56 Å². The predicted octanol–water partition coefficient (Wildman–Crippen LogP) is 5.15. The molecule has 2 N–H and O–H groups in total. The Bertz CT molecular complexity index is 1160. The van der Waals surface area contributed by atoms with Crippen molar-refractivity contribution in [2.45, 2.75) is 50.4 Å². The Hall–Kier alpha value is -3.35. The van der Waals surface area contributed by atoms with Gasteiger partial charge in [-0.25, -0.2) is 0 Å². The van der Waals surface area contributed by atoms with Crippen LogP contribution in [0, 0.1) is 0 Å². The molecule has 1 saturated heterocycles. The molecule has 4 rings (SSSR count). The lowest BCUT2D eigenvalue weighted by atomic mass is 9.84. The van der Waals surface area contributed by atoms with Crippen molar-refractivity contribution >= 4 is 22.6 Å². The SMILES string of the molecule is O=C(CC[C@@]1(Cc2ccc3ccccc3c2)CCC(=O)N1)NCc1ccc(C(F)(F)F)cc1. The summed E-state index contributed by atoms with van der Waals surface area (Å²) >= 11 is 0. The van der Waals surface area contributed by atoms with Crippen LogP contribution < -0.4 is 10.6 Å². The lowest BCUT2D eigenvalue weighted by molar-refractivity contribution is -0.137. The van der Waals surface area contributed by atoms with E-state index in [0.717, 1.165) is 28.5 Å². The average molecular weight is 454 g/mol. The van der Waals surface area contributed by atoms with E-state index in [-0.39, 0.29) is 24.8 Å². The number of carbonyl (C=O) groups excluding carboxylic acids is 2. The fourth-order valence-corrected chi connectivity index (χ4v) is 4.37. The molecule has 0 spiro atoms. The van der Waals surface area contributed by atoms with Crippen molar-refractivity contribution in [1.29, 1.82) is 0 Å². The molecule has 33 heavy (non-hydrogen) atoms. The standard InChI is InChI=1S/C26H25F3N2O2/c27-26(28,29)22-9-6-18(7-10-22)17-30-23(32)11-13-25(14-12-24(33)31-25)16-19-5-8-20-3-1-2-4-21(20)15-19/h1-10,15H,11-14,16-17H2,(H,30,32)(H,31,33)/t25-/m0/s1. The third-order valence-electron chi connectivity index (χ3n) is 6.19. The zero-order chi connectivity index (χ0) is 23.5. The van der Waals surface area contributed by atoms with Gasteiger partial charge in [0.1, 0.15) is 0 Å². The van der Waals surface area contributed by atoms with E-state index in [9.17, 15) is 22.8 Å². The molecule has 1 atom stereocenters. The second kappa shape index (κ2) is 9.25. The molecule has 1 aliphatic heterocycles. The Labute approximate surface area is 190 Å². The van der Waals surface area contributed by atoms with Gasteiger partial charge < -0.3 is 10.6 Å². The maximum atomic E-state index is 12.7. The van der Waals surface area contributed by atoms with Crippen LogP contribution in [0.15, 0.2) is 66.7 Å². The second-order valence-corrected chi connectivity index (χ2v) is 8.66. The van der Waals surface area contributed by atoms with E-state index in [1.807, 2.05) is 24.3 Å². The molecular weight excluding hydrogens is 429 g/mol. The number of fused-ring (bicyclic) bond motifs is 1. The summed E-state index contributed by atoms with van der Waals surface area (Å²) in [6.45, 7) is 0.154. The molecule has 1 aliphatic rings. The first kappa shape index (κ1) is 22.8. The molecule has 0 radical (unpaired) electrons. The van der Waals surface area contributed by atoms with Gasteiger partial charge in [-0.1, -0.05) is 54.6 Å². The van der Waals surface area contributed by atoms with Crippen molar-refractivity contribution in [2.75, 3.05) is 0 Å². The van der Waals surface area contributed by atoms with Gasteiger partial charge in [-0.3, -0.25) is 9.59 Å². The highest BCUT2D eigenvalue weighted by atomic mass is 19.4. The zero-order valence-corrected chi connectivity index (χ0v) is 18.0. The van der Waals surface area contributed by atoms with E-state index in [4.69, 9.17) is 0 Å². The number of nitrogens with one attached hydrogen (secondary N) is 2. The topological polar surface area (TPSA) is 58.2 Å². The number of halogens is 3. The summed E-state index contributed by atoms with van der Waals surface area (Å²) in [5, 5.41) is 8.13. The third-order valence-corrected chi connectivity index (χ3v) is 6.19. The summed E-state index contributed by atoms with van der Waals surface area (Å²) < 4.78 is 38.0. The van der Waals surface area contributed by atoms with Gasteiger partial charge in [-0.15, -0.1) is 0 Å². The fourth-order valence-electron chi connectivity index (χ4n) is 4.37. The Balaban J connectivity index is 1.36. The molecule has 0 aliphatic carbocycles. The van der Waals surface area contributed by atoms with Crippen LogP contribution in [0.3, 0.4) is 0 Å². The summed E-state index contributed by atoms with van der Waals surface area (Å²) in [6.07, 6.45) is -1.95. The molecule has 1 heterocycles. The molecular formula is C26H25F3N2O2. The Kier molecular flexibility index (Phi) is 6.40. The zero-order valence-electron chi connectivity index (χ0n) is 18.0. The Morgan fingerprint density at radius 3 is 2.33 bits per heavy atom. The summed E-state index contributed by atoms with van der Waals surface area (Å²) in [4.78, 5) is 24.5. The highest BCUT2D eigenvalue weighted by Gasteiger charge is 2.38. The summed E-state index contributed by atoms with van der Waals surface area (Å²) in [6, 6.07) is 19.0. The molecule has 0 unspecified atom stereocenters. The number of alkyl halides is 3. The van der Waals surface area contributed by atoms with Gasteiger partial charge >= 0.3 is 6.18 Å². The van der Waals surface area contributed by atoms with E-state index in [1.165, 1.54) is 12.1 Å². The van der Waals surface area contributed by atoms with Crippen LogP contribution in [0.1, 0.15) is 42.4 Å². The van der Waals surface area contributed by atoms with Gasteiger partial charge in [-0.2, -0.15) is 13.2 Å². The summed E-state index contributed by atoms with van der Waals surface area (Å²) in [7, 11) is 0. The molecule has 0 saturated carbocycles. The molecule has 1 fully saturated rings. The highest BCUT2D eigenvalue weighted by Crippen LogP contribution is 2.31. The first-order valence-electron chi connectivity index (χ1n) is 10.9. The average Bonchev–Trinajstić information content (AvgIpc) is 3.16. The van der Waals surface area contributed by atoms with E-state index < -0.39 is 17.3 Å². The van der Waals surface area contributed by atoms with Crippen molar-refractivity contribution in [3.8, 4) is 0 Å². The number of amides is 2. The lowest BCUT2D eigenvalue weighted by Gasteiger charge is -2.29. The maximum absolute atomic E-state index is 12.7. The molecule has 0 bridgehead atoms. The van der Waals surface area contributed by atoms with Crippen LogP contribution in [0.25, 0.3) is 10.8 Å². The van der Waals surface area contributed by atoms with Crippen LogP contribution in [-0.2, 0) is 28.7 Å². The number of hydrogen-bond donors (Lipinski definition) is 2. The largest absolute Gasteiger partial charge is 0.416 e. The minimum Gasteiger partial charge on any atom is -0.352 e. The molecule has 2 amide bonds. The number of rotatable bonds is 7. The van der Waals surface area contributed by atoms with E-state index in [0.29, 0.717) is 31.2 Å². The molecule has 0 aromatic heterocycles. The smallest absolute Gasteiger partial charge is 0.352 e. The summed E-state index contributed by atoms with van der Waals surface area (Å²) in [5.74, 6) is -0.213. The van der Waals surface area contributed by atoms with Crippen LogP contribution >= 0.6 is 0 Å². The first-order valence-corrected chi connectivity index (χ1v) is 10.9. The van der Waals surface area contributed by atoms with Gasteiger partial charge in [0.2, 0.25) is 11.8 Å². The second-order valence-electron chi connectivity index (χ2n) is 8.66. The van der Waals surface area contributed by atoms with Crippen LogP contribution in [0.4, 0.5) is 13.2 Å². The third kappa shape index (κ3) is 5.72. The van der Waals surface area contributed by atoms with Crippen LogP contribution in [-0.4, -0.2) is 17.4 Å². The molecule has 4 nitrogen and oxygen atoms in total. The fraction of sp³-hybridized carbons (Fsp3) is 0.308. The monoisotopic (exact) mass is 454 g/mol. The molecule has 7 heteroatoms. The van der Waals surface area contributed by atoms with Crippen molar-refractivity contribution in [3.05, 3.63) is 83.4 Å². The van der Waals surface area contributed by atoms with Gasteiger partial charge in [0.25, 0.3) is 0 Å². The quantitative estimate of drug-likeness (QED) is 0.519. The first-order chi connectivity index (χ1) is 15.7. The van der Waals surface area contributed by atoms with Gasteiger partial charge in [0.15, 0.2) is 0 Å². The van der Waals surface area contributed by atoms with Crippen molar-refractivity contribution in [3.63, 3.8) is 0 Å². The minimum absolute atomic E-state index is 0.0130. The Morgan fingerprint density at radius 2 is 1.67 bits per heavy atom. The van der Waals surface area contributed by atoms with Gasteiger partial charge in [0, 0.05) is 24.9 Å². The lowest BCUT2D eigenvalue weighted by Crippen LogP contribution is -2.44. The molecule has 3 aromatic carbocycles. The normalized spacial score (nSPS) is 18.3. The van der Waals surface area contributed by atoms with Crippen molar-refractivity contribution in [1.82, 2.24) is 10.6 Å². The van der Waals surface area contributed by atoms with Crippen LogP contribution in [0.5, 0.6) is 0 Å². The van der Waals surface area contributed by atoms with E-state index >= 15 is 0 Å².